The van der Waals surface area contributed by atoms with Crippen molar-refractivity contribution in [1.29, 1.82) is 0 Å². The summed E-state index contributed by atoms with van der Waals surface area (Å²) in [5.74, 6) is 0.458. The molecule has 0 saturated heterocycles. The summed E-state index contributed by atoms with van der Waals surface area (Å²) in [6.07, 6.45) is 1.47. The summed E-state index contributed by atoms with van der Waals surface area (Å²) >= 11 is 0. The third kappa shape index (κ3) is 3.32. The lowest BCUT2D eigenvalue weighted by Crippen LogP contribution is -2.38. The van der Waals surface area contributed by atoms with E-state index < -0.39 is 11.5 Å². The van der Waals surface area contributed by atoms with E-state index in [2.05, 4.69) is 10.5 Å². The fraction of sp³-hybridized carbons (Fsp3) is 0.176. The molecule has 0 aliphatic rings. The van der Waals surface area contributed by atoms with Gasteiger partial charge in [-0.2, -0.15) is 0 Å². The third-order valence-electron chi connectivity index (χ3n) is 3.45. The van der Waals surface area contributed by atoms with Gasteiger partial charge in [0, 0.05) is 11.6 Å². The van der Waals surface area contributed by atoms with Crippen LogP contribution in [0.15, 0.2) is 63.7 Å². The van der Waals surface area contributed by atoms with Crippen LogP contribution >= 0.6 is 0 Å². The molecule has 3 aromatic rings. The minimum absolute atomic E-state index is 0.00707. The molecule has 23 heavy (non-hydrogen) atoms. The maximum atomic E-state index is 12.1. The normalized spacial score (nSPS) is 13.5. The van der Waals surface area contributed by atoms with Gasteiger partial charge in [-0.15, -0.1) is 0 Å². The van der Waals surface area contributed by atoms with Crippen molar-refractivity contribution in [3.05, 3.63) is 66.2 Å². The molecular formula is C17H16N2O4. The maximum Gasteiger partial charge on any atom is 0.273 e. The standard InChI is InChI=1S/C17H16N2O4/c1-17(21,15-8-5-9-22-15)11-18-16(20)13-10-14(23-19-13)12-6-3-2-4-7-12/h2-10,21H,11H2,1H3,(H,18,20)/t17-/m0/s1. The SMILES string of the molecule is C[C@](O)(CNC(=O)c1cc(-c2ccccc2)on1)c1ccco1. The fourth-order valence-electron chi connectivity index (χ4n) is 2.14. The van der Waals surface area contributed by atoms with Crippen molar-refractivity contribution in [2.24, 2.45) is 0 Å². The van der Waals surface area contributed by atoms with E-state index in [1.807, 2.05) is 30.3 Å². The first kappa shape index (κ1) is 15.1. The Kier molecular flexibility index (Phi) is 3.99. The molecule has 118 valence electrons. The van der Waals surface area contributed by atoms with Crippen molar-refractivity contribution in [2.45, 2.75) is 12.5 Å². The molecule has 0 saturated carbocycles. The molecule has 0 spiro atoms. The molecule has 1 amide bonds. The van der Waals surface area contributed by atoms with E-state index in [1.165, 1.54) is 6.26 Å². The van der Waals surface area contributed by atoms with Crippen LogP contribution in [0.25, 0.3) is 11.3 Å². The highest BCUT2D eigenvalue weighted by molar-refractivity contribution is 5.93. The van der Waals surface area contributed by atoms with E-state index in [9.17, 15) is 9.90 Å². The number of hydrogen-bond acceptors (Lipinski definition) is 5. The zero-order valence-corrected chi connectivity index (χ0v) is 12.5. The number of amides is 1. The van der Waals surface area contributed by atoms with E-state index in [0.29, 0.717) is 11.5 Å². The molecule has 2 aromatic heterocycles. The number of carbonyl (C=O) groups is 1. The van der Waals surface area contributed by atoms with Gasteiger partial charge in [-0.05, 0) is 19.1 Å². The van der Waals surface area contributed by atoms with Gasteiger partial charge in [0.2, 0.25) is 0 Å². The van der Waals surface area contributed by atoms with Gasteiger partial charge in [0.15, 0.2) is 11.5 Å². The van der Waals surface area contributed by atoms with Gasteiger partial charge >= 0.3 is 0 Å². The molecule has 0 fully saturated rings. The van der Waals surface area contributed by atoms with Gasteiger partial charge in [-0.3, -0.25) is 4.79 Å². The average Bonchev–Trinajstić information content (AvgIpc) is 3.25. The van der Waals surface area contributed by atoms with Crippen molar-refractivity contribution in [1.82, 2.24) is 10.5 Å². The topological polar surface area (TPSA) is 88.5 Å². The minimum Gasteiger partial charge on any atom is -0.466 e. The first-order chi connectivity index (χ1) is 11.1. The van der Waals surface area contributed by atoms with Crippen LogP contribution in [0.5, 0.6) is 0 Å². The Morgan fingerprint density at radius 3 is 2.74 bits per heavy atom. The highest BCUT2D eigenvalue weighted by Gasteiger charge is 2.27. The number of nitrogens with zero attached hydrogens (tertiary/aromatic N) is 1. The van der Waals surface area contributed by atoms with E-state index in [0.717, 1.165) is 5.56 Å². The van der Waals surface area contributed by atoms with E-state index in [1.54, 1.807) is 25.1 Å². The lowest BCUT2D eigenvalue weighted by molar-refractivity contribution is 0.0329. The maximum absolute atomic E-state index is 12.1. The van der Waals surface area contributed by atoms with E-state index in [4.69, 9.17) is 8.94 Å². The Morgan fingerprint density at radius 1 is 1.26 bits per heavy atom. The number of aromatic nitrogens is 1. The predicted molar refractivity (Wildman–Crippen MR) is 82.6 cm³/mol. The van der Waals surface area contributed by atoms with Crippen LogP contribution < -0.4 is 5.32 Å². The molecule has 0 aliphatic carbocycles. The largest absolute Gasteiger partial charge is 0.466 e. The first-order valence-corrected chi connectivity index (χ1v) is 7.13. The second kappa shape index (κ2) is 6.10. The molecular weight excluding hydrogens is 296 g/mol. The highest BCUT2D eigenvalue weighted by atomic mass is 16.5. The third-order valence-corrected chi connectivity index (χ3v) is 3.45. The number of nitrogens with one attached hydrogen (secondary N) is 1. The molecule has 0 radical (unpaired) electrons. The number of aliphatic hydroxyl groups is 1. The zero-order valence-electron chi connectivity index (χ0n) is 12.5. The lowest BCUT2D eigenvalue weighted by atomic mass is 10.0. The number of carbonyl (C=O) groups excluding carboxylic acids is 1. The summed E-state index contributed by atoms with van der Waals surface area (Å²) in [6.45, 7) is 1.55. The van der Waals surface area contributed by atoms with Gasteiger partial charge in [-0.25, -0.2) is 0 Å². The molecule has 0 unspecified atom stereocenters. The molecule has 1 atom stereocenters. The van der Waals surface area contributed by atoms with E-state index >= 15 is 0 Å². The number of hydrogen-bond donors (Lipinski definition) is 2. The molecule has 2 N–H and O–H groups in total. The number of benzene rings is 1. The number of furan rings is 1. The Bertz CT molecular complexity index is 776. The van der Waals surface area contributed by atoms with Crippen LogP contribution in [0.3, 0.4) is 0 Å². The molecule has 2 heterocycles. The number of rotatable bonds is 5. The Balaban J connectivity index is 1.66. The highest BCUT2D eigenvalue weighted by Crippen LogP contribution is 2.21. The van der Waals surface area contributed by atoms with Crippen LogP contribution in [0, 0.1) is 0 Å². The van der Waals surface area contributed by atoms with Gasteiger partial charge in [-0.1, -0.05) is 35.5 Å². The van der Waals surface area contributed by atoms with Crippen LogP contribution in [0.4, 0.5) is 0 Å². The van der Waals surface area contributed by atoms with Crippen LogP contribution in [0.1, 0.15) is 23.2 Å². The van der Waals surface area contributed by atoms with Crippen molar-refractivity contribution in [3.63, 3.8) is 0 Å². The predicted octanol–water partition coefficient (Wildman–Crippen LogP) is 2.57. The van der Waals surface area contributed by atoms with Crippen molar-refractivity contribution in [3.8, 4) is 11.3 Å². The summed E-state index contributed by atoms with van der Waals surface area (Å²) in [5.41, 5.74) is -0.314. The van der Waals surface area contributed by atoms with Gasteiger partial charge in [0.05, 0.1) is 12.8 Å². The van der Waals surface area contributed by atoms with Gasteiger partial charge in [0.25, 0.3) is 5.91 Å². The molecule has 1 aromatic carbocycles. The van der Waals surface area contributed by atoms with Crippen molar-refractivity contribution in [2.75, 3.05) is 6.54 Å². The summed E-state index contributed by atoms with van der Waals surface area (Å²) in [6, 6.07) is 14.3. The second-order valence-electron chi connectivity index (χ2n) is 5.38. The van der Waals surface area contributed by atoms with Crippen molar-refractivity contribution >= 4 is 5.91 Å². The van der Waals surface area contributed by atoms with Gasteiger partial charge < -0.3 is 19.4 Å². The molecule has 6 nitrogen and oxygen atoms in total. The average molecular weight is 312 g/mol. The minimum atomic E-state index is -1.30. The van der Waals surface area contributed by atoms with E-state index in [-0.39, 0.29) is 12.2 Å². The monoisotopic (exact) mass is 312 g/mol. The van der Waals surface area contributed by atoms with Gasteiger partial charge in [0.1, 0.15) is 11.4 Å². The lowest BCUT2D eigenvalue weighted by Gasteiger charge is -2.20. The fourth-order valence-corrected chi connectivity index (χ4v) is 2.14. The molecule has 0 aliphatic heterocycles. The molecule has 6 heteroatoms. The first-order valence-electron chi connectivity index (χ1n) is 7.13. The Morgan fingerprint density at radius 2 is 2.04 bits per heavy atom. The smallest absolute Gasteiger partial charge is 0.273 e. The quantitative estimate of drug-likeness (QED) is 0.756. The second-order valence-corrected chi connectivity index (χ2v) is 5.38. The van der Waals surface area contributed by atoms with Crippen LogP contribution in [-0.2, 0) is 5.60 Å². The van der Waals surface area contributed by atoms with Crippen LogP contribution in [0.2, 0.25) is 0 Å². The Labute approximate surface area is 132 Å². The summed E-state index contributed by atoms with van der Waals surface area (Å²) in [5, 5.41) is 16.7. The Hall–Kier alpha value is -2.86. The molecule has 0 bridgehead atoms. The summed E-state index contributed by atoms with van der Waals surface area (Å²) < 4.78 is 10.3. The summed E-state index contributed by atoms with van der Waals surface area (Å²) in [7, 11) is 0. The van der Waals surface area contributed by atoms with Crippen LogP contribution in [-0.4, -0.2) is 22.7 Å². The molecule has 3 rings (SSSR count). The zero-order chi connectivity index (χ0) is 16.3. The summed E-state index contributed by atoms with van der Waals surface area (Å²) in [4.78, 5) is 12.1. The van der Waals surface area contributed by atoms with Crippen molar-refractivity contribution < 1.29 is 18.8 Å².